The topological polar surface area (TPSA) is 49.4 Å². The van der Waals surface area contributed by atoms with E-state index in [2.05, 4.69) is 42.6 Å². The summed E-state index contributed by atoms with van der Waals surface area (Å²) in [6, 6.07) is 21.9. The fourth-order valence-electron chi connectivity index (χ4n) is 3.62. The Labute approximate surface area is 193 Å². The number of nitrogens with one attached hydrogen (secondary N) is 1. The molecule has 0 aliphatic carbocycles. The lowest BCUT2D eigenvalue weighted by Gasteiger charge is -2.27. The molecule has 162 valence electrons. The number of nitrogens with zero attached hydrogens (tertiary/aromatic N) is 1. The molecule has 1 N–H and O–H groups in total. The Morgan fingerprint density at radius 3 is 2.53 bits per heavy atom. The Morgan fingerprint density at radius 1 is 1.00 bits per heavy atom. The first-order chi connectivity index (χ1) is 15.4. The molecule has 0 radical (unpaired) electrons. The van der Waals surface area contributed by atoms with Crippen molar-refractivity contribution >= 4 is 35.3 Å². The second-order valence-corrected chi connectivity index (χ2v) is 9.15. The summed E-state index contributed by atoms with van der Waals surface area (Å²) >= 11 is 1.44. The summed E-state index contributed by atoms with van der Waals surface area (Å²) in [5.41, 5.74) is 5.88. The Balaban J connectivity index is 1.46. The summed E-state index contributed by atoms with van der Waals surface area (Å²) in [5, 5.41) is 2.98. The predicted octanol–water partition coefficient (Wildman–Crippen LogP) is 5.39. The third-order valence-electron chi connectivity index (χ3n) is 5.48. The zero-order valence-corrected chi connectivity index (χ0v) is 19.3. The van der Waals surface area contributed by atoms with E-state index in [1.54, 1.807) is 18.0 Å². The maximum atomic E-state index is 12.9. The molecular weight excluding hydrogens is 416 g/mol. The maximum absolute atomic E-state index is 12.9. The number of anilines is 1. The molecule has 0 aromatic heterocycles. The van der Waals surface area contributed by atoms with Gasteiger partial charge in [0.25, 0.3) is 11.8 Å². The van der Waals surface area contributed by atoms with Crippen LogP contribution >= 0.6 is 11.8 Å². The lowest BCUT2D eigenvalue weighted by molar-refractivity contribution is -0.114. The van der Waals surface area contributed by atoms with E-state index in [1.807, 2.05) is 43.3 Å². The Morgan fingerprint density at radius 2 is 1.78 bits per heavy atom. The number of fused-ring (bicyclic) bond motifs is 1. The van der Waals surface area contributed by atoms with Crippen molar-refractivity contribution in [2.24, 2.45) is 0 Å². The first-order valence-corrected chi connectivity index (χ1v) is 11.4. The van der Waals surface area contributed by atoms with E-state index in [-0.39, 0.29) is 11.8 Å². The highest BCUT2D eigenvalue weighted by atomic mass is 32.2. The fraction of sp³-hybridized carbons (Fsp3) is 0.185. The first kappa shape index (κ1) is 21.9. The number of carbonyl (C=O) groups excluding carboxylic acids is 2. The number of hydrogen-bond donors (Lipinski definition) is 1. The van der Waals surface area contributed by atoms with Gasteiger partial charge in [-0.15, -0.1) is 0 Å². The van der Waals surface area contributed by atoms with Gasteiger partial charge in [0.15, 0.2) is 0 Å². The third-order valence-corrected chi connectivity index (χ3v) is 6.56. The standard InChI is InChI=1S/C27H26N2O2S/c1-18-7-9-20(10-8-18)13-14-28-26(30)22-11-12-24-23(17-22)29(3)27(31)25(32-24)16-21-6-4-5-19(2)15-21/h4-12,15-17H,13-14H2,1-3H3,(H,28,30)/b25-16-. The minimum absolute atomic E-state index is 0.0686. The van der Waals surface area contributed by atoms with Gasteiger partial charge in [0.2, 0.25) is 0 Å². The number of rotatable bonds is 5. The van der Waals surface area contributed by atoms with Crippen molar-refractivity contribution in [2.75, 3.05) is 18.5 Å². The lowest BCUT2D eigenvalue weighted by Crippen LogP contribution is -2.31. The summed E-state index contributed by atoms with van der Waals surface area (Å²) in [6.07, 6.45) is 2.70. The number of amides is 2. The molecule has 1 aliphatic rings. The van der Waals surface area contributed by atoms with Crippen molar-refractivity contribution in [3.05, 3.63) is 99.5 Å². The van der Waals surface area contributed by atoms with Gasteiger partial charge in [-0.3, -0.25) is 9.59 Å². The molecule has 0 spiro atoms. The van der Waals surface area contributed by atoms with E-state index >= 15 is 0 Å². The SMILES string of the molecule is Cc1ccc(CCNC(=O)c2ccc3c(c2)N(C)C(=O)/C(=C/c2cccc(C)c2)S3)cc1. The smallest absolute Gasteiger partial charge is 0.264 e. The van der Waals surface area contributed by atoms with E-state index in [9.17, 15) is 9.59 Å². The first-order valence-electron chi connectivity index (χ1n) is 10.6. The second-order valence-electron chi connectivity index (χ2n) is 8.06. The van der Waals surface area contributed by atoms with Gasteiger partial charge in [0.05, 0.1) is 10.6 Å². The highest BCUT2D eigenvalue weighted by molar-refractivity contribution is 8.04. The lowest BCUT2D eigenvalue weighted by atomic mass is 10.1. The number of benzene rings is 3. The molecule has 0 bridgehead atoms. The van der Waals surface area contributed by atoms with Crippen LogP contribution in [-0.2, 0) is 11.2 Å². The number of hydrogen-bond acceptors (Lipinski definition) is 3. The van der Waals surface area contributed by atoms with Crippen LogP contribution in [-0.4, -0.2) is 25.4 Å². The molecule has 0 fully saturated rings. The zero-order chi connectivity index (χ0) is 22.7. The quantitative estimate of drug-likeness (QED) is 0.539. The highest BCUT2D eigenvalue weighted by Crippen LogP contribution is 2.42. The molecule has 5 heteroatoms. The van der Waals surface area contributed by atoms with Crippen LogP contribution in [0.3, 0.4) is 0 Å². The summed E-state index contributed by atoms with van der Waals surface area (Å²) in [4.78, 5) is 28.9. The van der Waals surface area contributed by atoms with Gasteiger partial charge in [-0.1, -0.05) is 71.4 Å². The van der Waals surface area contributed by atoms with E-state index in [0.717, 1.165) is 28.1 Å². The van der Waals surface area contributed by atoms with Crippen molar-refractivity contribution < 1.29 is 9.59 Å². The van der Waals surface area contributed by atoms with Crippen LogP contribution in [0.15, 0.2) is 76.5 Å². The normalized spacial score (nSPS) is 14.4. The number of likely N-dealkylation sites (N-methyl/N-ethyl adjacent to an activating group) is 1. The molecular formula is C27H26N2O2S. The van der Waals surface area contributed by atoms with Crippen molar-refractivity contribution in [1.82, 2.24) is 5.32 Å². The van der Waals surface area contributed by atoms with E-state index in [0.29, 0.717) is 17.0 Å². The van der Waals surface area contributed by atoms with Crippen molar-refractivity contribution in [1.29, 1.82) is 0 Å². The highest BCUT2D eigenvalue weighted by Gasteiger charge is 2.27. The Kier molecular flexibility index (Phi) is 6.47. The van der Waals surface area contributed by atoms with E-state index in [4.69, 9.17) is 0 Å². The monoisotopic (exact) mass is 442 g/mol. The average molecular weight is 443 g/mol. The van der Waals surface area contributed by atoms with Crippen LogP contribution in [0.5, 0.6) is 0 Å². The second kappa shape index (κ2) is 9.45. The molecule has 3 aromatic rings. The van der Waals surface area contributed by atoms with Gasteiger partial charge in [0.1, 0.15) is 0 Å². The zero-order valence-electron chi connectivity index (χ0n) is 18.5. The van der Waals surface area contributed by atoms with Crippen LogP contribution in [0.2, 0.25) is 0 Å². The molecule has 1 heterocycles. The molecule has 0 atom stereocenters. The fourth-order valence-corrected chi connectivity index (χ4v) is 4.72. The van der Waals surface area contributed by atoms with Gasteiger partial charge in [-0.2, -0.15) is 0 Å². The van der Waals surface area contributed by atoms with E-state index < -0.39 is 0 Å². The molecule has 3 aromatic carbocycles. The van der Waals surface area contributed by atoms with E-state index in [1.165, 1.54) is 22.9 Å². The third kappa shape index (κ3) is 4.94. The van der Waals surface area contributed by atoms with Crippen molar-refractivity contribution in [2.45, 2.75) is 25.2 Å². The van der Waals surface area contributed by atoms with Crippen LogP contribution in [0.25, 0.3) is 6.08 Å². The number of carbonyl (C=O) groups is 2. The molecule has 0 saturated carbocycles. The van der Waals surface area contributed by atoms with Crippen LogP contribution in [0.1, 0.15) is 32.6 Å². The largest absolute Gasteiger partial charge is 0.352 e. The summed E-state index contributed by atoms with van der Waals surface area (Å²) in [6.45, 7) is 4.65. The minimum atomic E-state index is -0.133. The molecule has 0 saturated heterocycles. The summed E-state index contributed by atoms with van der Waals surface area (Å²) in [7, 11) is 1.75. The number of aryl methyl sites for hydroxylation is 2. The van der Waals surface area contributed by atoms with Gasteiger partial charge < -0.3 is 10.2 Å². The van der Waals surface area contributed by atoms with Crippen molar-refractivity contribution in [3.8, 4) is 0 Å². The van der Waals surface area contributed by atoms with Gasteiger partial charge in [0, 0.05) is 24.1 Å². The molecule has 2 amide bonds. The molecule has 32 heavy (non-hydrogen) atoms. The van der Waals surface area contributed by atoms with Crippen LogP contribution < -0.4 is 10.2 Å². The molecule has 4 nitrogen and oxygen atoms in total. The van der Waals surface area contributed by atoms with Gasteiger partial charge >= 0.3 is 0 Å². The minimum Gasteiger partial charge on any atom is -0.352 e. The Hall–Kier alpha value is -3.31. The van der Waals surface area contributed by atoms with Gasteiger partial charge in [-0.05, 0) is 55.7 Å². The summed E-state index contributed by atoms with van der Waals surface area (Å²) < 4.78 is 0. The van der Waals surface area contributed by atoms with Crippen LogP contribution in [0, 0.1) is 13.8 Å². The molecule has 0 unspecified atom stereocenters. The Bertz CT molecular complexity index is 1200. The summed E-state index contributed by atoms with van der Waals surface area (Å²) in [5.74, 6) is -0.201. The maximum Gasteiger partial charge on any atom is 0.264 e. The van der Waals surface area contributed by atoms with Crippen LogP contribution in [0.4, 0.5) is 5.69 Å². The molecule has 4 rings (SSSR count). The van der Waals surface area contributed by atoms with Gasteiger partial charge in [-0.25, -0.2) is 0 Å². The predicted molar refractivity (Wildman–Crippen MR) is 132 cm³/mol. The molecule has 1 aliphatic heterocycles. The number of thioether (sulfide) groups is 1. The average Bonchev–Trinajstić information content (AvgIpc) is 2.78. The van der Waals surface area contributed by atoms with Crippen molar-refractivity contribution in [3.63, 3.8) is 0 Å².